The highest BCUT2D eigenvalue weighted by Gasteiger charge is 2.11. The van der Waals surface area contributed by atoms with E-state index >= 15 is 0 Å². The summed E-state index contributed by atoms with van der Waals surface area (Å²) in [5.74, 6) is 0.836. The van der Waals surface area contributed by atoms with Crippen LogP contribution in [0, 0.1) is 0 Å². The third-order valence-corrected chi connectivity index (χ3v) is 6.02. The van der Waals surface area contributed by atoms with E-state index in [4.69, 9.17) is 9.72 Å². The summed E-state index contributed by atoms with van der Waals surface area (Å²) in [4.78, 5) is 9.38. The van der Waals surface area contributed by atoms with E-state index < -0.39 is 0 Å². The summed E-state index contributed by atoms with van der Waals surface area (Å²) in [7, 11) is 1.70. The summed E-state index contributed by atoms with van der Waals surface area (Å²) >= 11 is 0. The Morgan fingerprint density at radius 1 is 0.886 bits per heavy atom. The van der Waals surface area contributed by atoms with Crippen LogP contribution < -0.4 is 15.4 Å². The Hall–Kier alpha value is -3.28. The molecule has 0 amide bonds. The zero-order chi connectivity index (χ0) is 22.6. The number of para-hydroxylation sites is 2. The van der Waals surface area contributed by atoms with Gasteiger partial charge in [0.2, 0.25) is 0 Å². The number of hydrogen-bond donors (Lipinski definition) is 2. The second-order valence-electron chi connectivity index (χ2n) is 8.39. The van der Waals surface area contributed by atoms with Gasteiger partial charge in [-0.05, 0) is 44.0 Å². The van der Waals surface area contributed by atoms with Crippen molar-refractivity contribution in [2.75, 3.05) is 24.3 Å². The fourth-order valence-corrected chi connectivity index (χ4v) is 4.38. The van der Waals surface area contributed by atoms with Gasteiger partial charge in [-0.15, -0.1) is 24.8 Å². The molecule has 3 aromatic carbocycles. The molecule has 35 heavy (non-hydrogen) atoms. The monoisotopic (exact) mass is 508 g/mol. The van der Waals surface area contributed by atoms with Crippen molar-refractivity contribution in [3.63, 3.8) is 0 Å². The van der Waals surface area contributed by atoms with E-state index in [0.717, 1.165) is 63.5 Å². The lowest BCUT2D eigenvalue weighted by molar-refractivity contribution is 0.415. The van der Waals surface area contributed by atoms with Gasteiger partial charge in [0.05, 0.1) is 35.0 Å². The largest absolute Gasteiger partial charge is 0.497 e. The van der Waals surface area contributed by atoms with E-state index in [-0.39, 0.29) is 24.8 Å². The van der Waals surface area contributed by atoms with E-state index in [1.54, 1.807) is 7.11 Å². The molecular weight excluding hydrogens is 479 g/mol. The second-order valence-corrected chi connectivity index (χ2v) is 8.39. The van der Waals surface area contributed by atoms with Crippen molar-refractivity contribution in [2.24, 2.45) is 0 Å². The highest BCUT2D eigenvalue weighted by atomic mass is 35.5. The molecule has 7 heteroatoms. The molecule has 0 saturated carbocycles. The number of methoxy groups -OCH3 is 1. The summed E-state index contributed by atoms with van der Waals surface area (Å²) < 4.78 is 5.48. The predicted octanol–water partition coefficient (Wildman–Crippen LogP) is 7.48. The average molecular weight is 509 g/mol. The van der Waals surface area contributed by atoms with Crippen LogP contribution in [-0.4, -0.2) is 29.7 Å². The summed E-state index contributed by atoms with van der Waals surface area (Å²) in [5, 5.41) is 10.7. The van der Waals surface area contributed by atoms with Crippen LogP contribution in [-0.2, 0) is 0 Å². The Morgan fingerprint density at radius 3 is 2.26 bits per heavy atom. The number of halogens is 2. The minimum atomic E-state index is 0. The standard InChI is InChI=1S/C28H28N4O.2ClH/c1-19(31-26-18-21(33-2)17-20-10-8-16-29-27(20)26)9-7-15-30-28-22-11-3-5-13-24(22)32-25-14-6-4-12-23(25)28;;/h3-6,8,10-14,16-19,31H,7,9,15H2,1-2H3,(H,30,32);2*1H. The molecule has 0 aliphatic carbocycles. The number of aromatic nitrogens is 2. The van der Waals surface area contributed by atoms with Crippen molar-refractivity contribution in [3.8, 4) is 5.75 Å². The minimum Gasteiger partial charge on any atom is -0.497 e. The van der Waals surface area contributed by atoms with E-state index in [1.165, 1.54) is 5.69 Å². The topological polar surface area (TPSA) is 59.1 Å². The third kappa shape index (κ3) is 5.69. The van der Waals surface area contributed by atoms with Crippen LogP contribution in [0.5, 0.6) is 5.75 Å². The quantitative estimate of drug-likeness (QED) is 0.168. The molecule has 5 aromatic rings. The van der Waals surface area contributed by atoms with E-state index in [2.05, 4.69) is 65.0 Å². The van der Waals surface area contributed by atoms with Crippen LogP contribution in [0.1, 0.15) is 19.8 Å². The van der Waals surface area contributed by atoms with Gasteiger partial charge in [0, 0.05) is 41.0 Å². The highest BCUT2D eigenvalue weighted by molar-refractivity contribution is 6.07. The first kappa shape index (κ1) is 26.3. The number of pyridine rings is 2. The molecule has 0 radical (unpaired) electrons. The fraction of sp³-hybridized carbons (Fsp3) is 0.214. The zero-order valence-electron chi connectivity index (χ0n) is 19.8. The van der Waals surface area contributed by atoms with Gasteiger partial charge in [-0.25, -0.2) is 4.98 Å². The summed E-state index contributed by atoms with van der Waals surface area (Å²) in [6.07, 6.45) is 3.89. The van der Waals surface area contributed by atoms with Crippen LogP contribution in [0.4, 0.5) is 11.4 Å². The van der Waals surface area contributed by atoms with E-state index in [9.17, 15) is 0 Å². The van der Waals surface area contributed by atoms with Crippen LogP contribution in [0.25, 0.3) is 32.7 Å². The third-order valence-electron chi connectivity index (χ3n) is 6.02. The molecule has 0 spiro atoms. The molecular formula is C28H30Cl2N4O. The first-order valence-corrected chi connectivity index (χ1v) is 11.4. The Morgan fingerprint density at radius 2 is 1.57 bits per heavy atom. The van der Waals surface area contributed by atoms with Gasteiger partial charge in [0.15, 0.2) is 0 Å². The number of nitrogens with one attached hydrogen (secondary N) is 2. The van der Waals surface area contributed by atoms with Crippen LogP contribution in [0.3, 0.4) is 0 Å². The smallest absolute Gasteiger partial charge is 0.121 e. The number of nitrogens with zero attached hydrogens (tertiary/aromatic N) is 2. The molecule has 0 fully saturated rings. The molecule has 2 aromatic heterocycles. The second kappa shape index (κ2) is 11.9. The van der Waals surface area contributed by atoms with Crippen LogP contribution >= 0.6 is 24.8 Å². The van der Waals surface area contributed by atoms with Crippen LogP contribution in [0.15, 0.2) is 79.0 Å². The number of benzene rings is 3. The van der Waals surface area contributed by atoms with Gasteiger partial charge < -0.3 is 15.4 Å². The average Bonchev–Trinajstić information content (AvgIpc) is 2.85. The Labute approximate surface area is 218 Å². The molecule has 5 rings (SSSR count). The zero-order valence-corrected chi connectivity index (χ0v) is 21.5. The number of anilines is 2. The lowest BCUT2D eigenvalue weighted by atomic mass is 10.1. The van der Waals surface area contributed by atoms with Crippen molar-refractivity contribution in [3.05, 3.63) is 79.0 Å². The first-order valence-electron chi connectivity index (χ1n) is 11.4. The summed E-state index contributed by atoms with van der Waals surface area (Å²) in [5.41, 5.74) is 5.19. The predicted molar refractivity (Wildman–Crippen MR) is 153 cm³/mol. The van der Waals surface area contributed by atoms with E-state index in [1.807, 2.05) is 36.5 Å². The number of ether oxygens (including phenoxy) is 1. The molecule has 0 saturated heterocycles. The van der Waals surface area contributed by atoms with Crippen molar-refractivity contribution in [2.45, 2.75) is 25.8 Å². The Kier molecular flexibility index (Phi) is 8.96. The molecule has 182 valence electrons. The molecule has 1 atom stereocenters. The maximum Gasteiger partial charge on any atom is 0.121 e. The number of hydrogen-bond acceptors (Lipinski definition) is 5. The summed E-state index contributed by atoms with van der Waals surface area (Å²) in [6, 6.07) is 25.0. The number of fused-ring (bicyclic) bond motifs is 3. The number of rotatable bonds is 8. The first-order chi connectivity index (χ1) is 16.2. The van der Waals surface area contributed by atoms with Crippen molar-refractivity contribution in [1.82, 2.24) is 9.97 Å². The molecule has 2 heterocycles. The van der Waals surface area contributed by atoms with Gasteiger partial charge in [0.25, 0.3) is 0 Å². The van der Waals surface area contributed by atoms with Crippen LogP contribution in [0.2, 0.25) is 0 Å². The fourth-order valence-electron chi connectivity index (χ4n) is 4.38. The Balaban J connectivity index is 0.00000171. The normalized spacial score (nSPS) is 11.5. The summed E-state index contributed by atoms with van der Waals surface area (Å²) in [6.45, 7) is 3.10. The molecule has 0 aliphatic rings. The van der Waals surface area contributed by atoms with E-state index in [0.29, 0.717) is 6.04 Å². The maximum absolute atomic E-state index is 5.48. The molecule has 5 nitrogen and oxygen atoms in total. The Bertz CT molecular complexity index is 1370. The van der Waals surface area contributed by atoms with Gasteiger partial charge >= 0.3 is 0 Å². The molecule has 0 bridgehead atoms. The lowest BCUT2D eigenvalue weighted by Gasteiger charge is -2.18. The van der Waals surface area contributed by atoms with Gasteiger partial charge in [-0.1, -0.05) is 42.5 Å². The minimum absolute atomic E-state index is 0. The molecule has 1 unspecified atom stereocenters. The van der Waals surface area contributed by atoms with Gasteiger partial charge in [0.1, 0.15) is 5.75 Å². The maximum atomic E-state index is 5.48. The van der Waals surface area contributed by atoms with Crippen molar-refractivity contribution < 1.29 is 4.74 Å². The van der Waals surface area contributed by atoms with Gasteiger partial charge in [-0.2, -0.15) is 0 Å². The van der Waals surface area contributed by atoms with Gasteiger partial charge in [-0.3, -0.25) is 4.98 Å². The van der Waals surface area contributed by atoms with Crippen molar-refractivity contribution >= 4 is 68.9 Å². The lowest BCUT2D eigenvalue weighted by Crippen LogP contribution is -2.17. The highest BCUT2D eigenvalue weighted by Crippen LogP contribution is 2.31. The SMILES string of the molecule is COc1cc(NC(C)CCCNc2c3ccccc3nc3ccccc23)c2ncccc2c1.Cl.Cl. The molecule has 2 N–H and O–H groups in total. The molecule has 0 aliphatic heterocycles. The van der Waals surface area contributed by atoms with Crippen molar-refractivity contribution in [1.29, 1.82) is 0 Å².